The first-order valence-corrected chi connectivity index (χ1v) is 7.69. The lowest BCUT2D eigenvalue weighted by atomic mass is 9.95. The van der Waals surface area contributed by atoms with E-state index < -0.39 is 5.82 Å². The molecular weight excluding hydrogens is 365 g/mol. The van der Waals surface area contributed by atoms with E-state index in [1.165, 1.54) is 12.5 Å². The molecule has 2 atom stereocenters. The molecule has 1 aromatic rings. The number of rotatable bonds is 2. The molecule has 2 unspecified atom stereocenters. The molecule has 1 aliphatic carbocycles. The van der Waals surface area contributed by atoms with Gasteiger partial charge in [-0.25, -0.2) is 4.39 Å². The molecule has 98 valence electrons. The van der Waals surface area contributed by atoms with Crippen LogP contribution in [-0.4, -0.2) is 16.8 Å². The van der Waals surface area contributed by atoms with Crippen LogP contribution in [0.3, 0.4) is 0 Å². The predicted octanol–water partition coefficient (Wildman–Crippen LogP) is 4.02. The molecule has 0 aliphatic heterocycles. The van der Waals surface area contributed by atoms with Crippen molar-refractivity contribution in [3.8, 4) is 0 Å². The van der Waals surface area contributed by atoms with E-state index in [9.17, 15) is 9.18 Å². The third-order valence-corrected chi connectivity index (χ3v) is 4.94. The van der Waals surface area contributed by atoms with E-state index in [1.807, 2.05) is 0 Å². The lowest BCUT2D eigenvalue weighted by Gasteiger charge is -2.28. The number of halogens is 3. The summed E-state index contributed by atoms with van der Waals surface area (Å²) in [5.74, 6) is -0.847. The fourth-order valence-corrected chi connectivity index (χ4v) is 3.45. The van der Waals surface area contributed by atoms with E-state index >= 15 is 0 Å². The van der Waals surface area contributed by atoms with Crippen LogP contribution in [0.5, 0.6) is 0 Å². The van der Waals surface area contributed by atoms with Gasteiger partial charge in [0.2, 0.25) is 0 Å². The summed E-state index contributed by atoms with van der Waals surface area (Å²) in [6, 6.07) is 4.62. The number of benzene rings is 1. The highest BCUT2D eigenvalue weighted by Crippen LogP contribution is 2.26. The zero-order valence-electron chi connectivity index (χ0n) is 9.76. The molecule has 0 spiro atoms. The van der Waals surface area contributed by atoms with Gasteiger partial charge in [-0.3, -0.25) is 4.79 Å². The van der Waals surface area contributed by atoms with Gasteiger partial charge in [0, 0.05) is 15.3 Å². The third-order valence-electron chi connectivity index (χ3n) is 3.19. The monoisotopic (exact) mass is 377 g/mol. The molecule has 0 heterocycles. The summed E-state index contributed by atoms with van der Waals surface area (Å²) in [5, 5.41) is 2.91. The number of carbonyl (C=O) groups excluding carboxylic acids is 1. The van der Waals surface area contributed by atoms with Crippen molar-refractivity contribution in [3.05, 3.63) is 34.1 Å². The maximum absolute atomic E-state index is 13.6. The van der Waals surface area contributed by atoms with Crippen LogP contribution in [0.1, 0.15) is 36.0 Å². The molecule has 2 nitrogen and oxygen atoms in total. The molecule has 1 saturated carbocycles. The molecular formula is C13H14Br2FNO. The minimum atomic E-state index is -0.496. The van der Waals surface area contributed by atoms with Crippen molar-refractivity contribution in [2.45, 2.75) is 36.6 Å². The first-order valence-electron chi connectivity index (χ1n) is 5.98. The van der Waals surface area contributed by atoms with E-state index in [2.05, 4.69) is 37.2 Å². The summed E-state index contributed by atoms with van der Waals surface area (Å²) < 4.78 is 14.1. The summed E-state index contributed by atoms with van der Waals surface area (Å²) >= 11 is 6.79. The van der Waals surface area contributed by atoms with E-state index in [4.69, 9.17) is 0 Å². The second kappa shape index (κ2) is 6.15. The average Bonchev–Trinajstić information content (AvgIpc) is 2.32. The highest BCUT2D eigenvalue weighted by molar-refractivity contribution is 9.10. The standard InChI is InChI=1S/C13H14Br2FNO/c14-8-4-1-2-7-11(8)17-13(18)12-9(15)5-3-6-10(12)16/h3,5-6,8,11H,1-2,4,7H2,(H,17,18). The number of hydrogen-bond acceptors (Lipinski definition) is 1. The van der Waals surface area contributed by atoms with Gasteiger partial charge in [0.05, 0.1) is 5.56 Å². The van der Waals surface area contributed by atoms with Gasteiger partial charge < -0.3 is 5.32 Å². The fourth-order valence-electron chi connectivity index (χ4n) is 2.20. The first kappa shape index (κ1) is 14.0. The van der Waals surface area contributed by atoms with E-state index in [0.717, 1.165) is 19.3 Å². The molecule has 0 bridgehead atoms. The van der Waals surface area contributed by atoms with Crippen molar-refractivity contribution in [2.75, 3.05) is 0 Å². The SMILES string of the molecule is O=C(NC1CCCCC1Br)c1c(F)cccc1Br. The Morgan fingerprint density at radius 1 is 1.33 bits per heavy atom. The van der Waals surface area contributed by atoms with Gasteiger partial charge >= 0.3 is 0 Å². The van der Waals surface area contributed by atoms with Crippen LogP contribution in [0.25, 0.3) is 0 Å². The Morgan fingerprint density at radius 3 is 2.72 bits per heavy atom. The number of hydrogen-bond donors (Lipinski definition) is 1. The Balaban J connectivity index is 2.12. The van der Waals surface area contributed by atoms with Gasteiger partial charge in [-0.05, 0) is 40.9 Å². The Morgan fingerprint density at radius 2 is 2.06 bits per heavy atom. The van der Waals surface area contributed by atoms with Gasteiger partial charge in [0.1, 0.15) is 5.82 Å². The Kier molecular flexibility index (Phi) is 4.78. The summed E-state index contributed by atoms with van der Waals surface area (Å²) in [6.45, 7) is 0. The van der Waals surface area contributed by atoms with Gasteiger partial charge in [-0.15, -0.1) is 0 Å². The van der Waals surface area contributed by atoms with Crippen molar-refractivity contribution >= 4 is 37.8 Å². The van der Waals surface area contributed by atoms with Crippen LogP contribution in [0.15, 0.2) is 22.7 Å². The molecule has 0 radical (unpaired) electrons. The van der Waals surface area contributed by atoms with Crippen LogP contribution in [0.2, 0.25) is 0 Å². The molecule has 5 heteroatoms. The van der Waals surface area contributed by atoms with Crippen molar-refractivity contribution in [1.29, 1.82) is 0 Å². The molecule has 1 amide bonds. The Bertz CT molecular complexity index is 432. The highest BCUT2D eigenvalue weighted by atomic mass is 79.9. The van der Waals surface area contributed by atoms with Crippen LogP contribution < -0.4 is 5.32 Å². The Labute approximate surface area is 123 Å². The van der Waals surface area contributed by atoms with Crippen LogP contribution in [-0.2, 0) is 0 Å². The molecule has 1 fully saturated rings. The van der Waals surface area contributed by atoms with E-state index in [0.29, 0.717) is 4.47 Å². The summed E-state index contributed by atoms with van der Waals surface area (Å²) in [6.07, 6.45) is 4.26. The first-order chi connectivity index (χ1) is 8.59. The number of carbonyl (C=O) groups is 1. The predicted molar refractivity (Wildman–Crippen MR) is 76.5 cm³/mol. The number of amides is 1. The van der Waals surface area contributed by atoms with E-state index in [1.54, 1.807) is 12.1 Å². The quantitative estimate of drug-likeness (QED) is 0.773. The van der Waals surface area contributed by atoms with Gasteiger partial charge in [0.25, 0.3) is 5.91 Å². The number of alkyl halides is 1. The highest BCUT2D eigenvalue weighted by Gasteiger charge is 2.26. The smallest absolute Gasteiger partial charge is 0.255 e. The number of nitrogens with one attached hydrogen (secondary N) is 1. The molecule has 0 aromatic heterocycles. The minimum Gasteiger partial charge on any atom is -0.348 e. The average molecular weight is 379 g/mol. The molecule has 1 aliphatic rings. The summed E-state index contributed by atoms with van der Waals surface area (Å²) in [7, 11) is 0. The van der Waals surface area contributed by atoms with Crippen molar-refractivity contribution in [1.82, 2.24) is 5.32 Å². The lowest BCUT2D eigenvalue weighted by molar-refractivity contribution is 0.0925. The van der Waals surface area contributed by atoms with Crippen LogP contribution in [0.4, 0.5) is 4.39 Å². The topological polar surface area (TPSA) is 29.1 Å². The molecule has 2 rings (SSSR count). The van der Waals surface area contributed by atoms with Crippen molar-refractivity contribution in [3.63, 3.8) is 0 Å². The zero-order valence-corrected chi connectivity index (χ0v) is 12.9. The summed E-state index contributed by atoms with van der Waals surface area (Å²) in [4.78, 5) is 12.4. The fraction of sp³-hybridized carbons (Fsp3) is 0.462. The summed E-state index contributed by atoms with van der Waals surface area (Å²) in [5.41, 5.74) is 0.0859. The van der Waals surface area contributed by atoms with Gasteiger partial charge in [-0.1, -0.05) is 34.8 Å². The maximum Gasteiger partial charge on any atom is 0.255 e. The normalized spacial score (nSPS) is 23.7. The second-order valence-electron chi connectivity index (χ2n) is 4.48. The largest absolute Gasteiger partial charge is 0.348 e. The maximum atomic E-state index is 13.6. The van der Waals surface area contributed by atoms with Gasteiger partial charge in [-0.2, -0.15) is 0 Å². The van der Waals surface area contributed by atoms with Crippen molar-refractivity contribution in [2.24, 2.45) is 0 Å². The van der Waals surface area contributed by atoms with E-state index in [-0.39, 0.29) is 22.3 Å². The minimum absolute atomic E-state index is 0.0813. The van der Waals surface area contributed by atoms with Crippen molar-refractivity contribution < 1.29 is 9.18 Å². The molecule has 1 N–H and O–H groups in total. The zero-order chi connectivity index (χ0) is 13.1. The lowest BCUT2D eigenvalue weighted by Crippen LogP contribution is -2.43. The molecule has 0 saturated heterocycles. The van der Waals surface area contributed by atoms with Gasteiger partial charge in [0.15, 0.2) is 0 Å². The Hall–Kier alpha value is -0.420. The van der Waals surface area contributed by atoms with Crippen LogP contribution in [0, 0.1) is 5.82 Å². The molecule has 18 heavy (non-hydrogen) atoms. The third kappa shape index (κ3) is 3.12. The van der Waals surface area contributed by atoms with Crippen LogP contribution >= 0.6 is 31.9 Å². The molecule has 1 aromatic carbocycles. The second-order valence-corrected chi connectivity index (χ2v) is 6.51.